The van der Waals surface area contributed by atoms with Crippen molar-refractivity contribution in [3.63, 3.8) is 0 Å². The number of hydrogen-bond acceptors (Lipinski definition) is 2. The van der Waals surface area contributed by atoms with Gasteiger partial charge >= 0.3 is 12.0 Å². The first-order chi connectivity index (χ1) is 9.20. The average molecular weight is 278 g/mol. The minimum atomic E-state index is -1.04. The summed E-state index contributed by atoms with van der Waals surface area (Å²) in [6.07, 6.45) is 0. The van der Waals surface area contributed by atoms with E-state index in [0.29, 0.717) is 6.54 Å². The van der Waals surface area contributed by atoms with Crippen molar-refractivity contribution >= 4 is 12.0 Å². The Bertz CT molecular complexity index is 492. The average Bonchev–Trinajstić information content (AvgIpc) is 2.31. The molecular formula is C15H22N2O3. The van der Waals surface area contributed by atoms with Crippen LogP contribution >= 0.6 is 0 Å². The van der Waals surface area contributed by atoms with Crippen LogP contribution in [0.3, 0.4) is 0 Å². The highest BCUT2D eigenvalue weighted by Crippen LogP contribution is 2.19. The monoisotopic (exact) mass is 278 g/mol. The summed E-state index contributed by atoms with van der Waals surface area (Å²) >= 11 is 0. The predicted molar refractivity (Wildman–Crippen MR) is 77.4 cm³/mol. The lowest BCUT2D eigenvalue weighted by atomic mass is 9.87. The summed E-state index contributed by atoms with van der Waals surface area (Å²) in [5, 5.41) is 14.3. The Morgan fingerprint density at radius 2 is 1.95 bits per heavy atom. The minimum Gasteiger partial charge on any atom is -0.480 e. The molecule has 0 spiro atoms. The molecule has 5 nitrogen and oxygen atoms in total. The zero-order chi connectivity index (χ0) is 15.3. The molecule has 1 atom stereocenters. The molecule has 3 N–H and O–H groups in total. The fourth-order valence-electron chi connectivity index (χ4n) is 1.84. The number of aliphatic carboxylic acids is 1. The second kappa shape index (κ2) is 6.41. The molecule has 110 valence electrons. The number of urea groups is 1. The van der Waals surface area contributed by atoms with Gasteiger partial charge in [-0.3, -0.25) is 0 Å². The van der Waals surface area contributed by atoms with Crippen LogP contribution in [0.1, 0.15) is 31.9 Å². The molecule has 0 aromatic heterocycles. The molecule has 0 radical (unpaired) electrons. The Labute approximate surface area is 119 Å². The van der Waals surface area contributed by atoms with Gasteiger partial charge in [-0.05, 0) is 17.9 Å². The van der Waals surface area contributed by atoms with Crippen molar-refractivity contribution in [2.24, 2.45) is 5.41 Å². The molecule has 1 rings (SSSR count). The number of rotatable bonds is 4. The number of aryl methyl sites for hydroxylation is 1. The summed E-state index contributed by atoms with van der Waals surface area (Å²) in [6.45, 7) is 7.65. The molecule has 0 heterocycles. The number of carbonyl (C=O) groups is 2. The molecule has 2 amide bonds. The third kappa shape index (κ3) is 4.91. The topological polar surface area (TPSA) is 78.4 Å². The standard InChI is InChI=1S/C15H22N2O3/c1-10-6-5-7-11(8-10)9-16-14(20)17-12(13(18)19)15(2,3)4/h5-8,12H,9H2,1-4H3,(H,18,19)(H2,16,17,20). The van der Waals surface area contributed by atoms with Gasteiger partial charge < -0.3 is 15.7 Å². The molecule has 1 unspecified atom stereocenters. The molecule has 0 aliphatic carbocycles. The molecule has 0 bridgehead atoms. The second-order valence-corrected chi connectivity index (χ2v) is 5.95. The van der Waals surface area contributed by atoms with Gasteiger partial charge in [0.2, 0.25) is 0 Å². The Morgan fingerprint density at radius 3 is 2.45 bits per heavy atom. The van der Waals surface area contributed by atoms with E-state index in [1.807, 2.05) is 31.2 Å². The van der Waals surface area contributed by atoms with Gasteiger partial charge in [0.1, 0.15) is 6.04 Å². The van der Waals surface area contributed by atoms with Crippen LogP contribution in [0, 0.1) is 12.3 Å². The molecule has 20 heavy (non-hydrogen) atoms. The van der Waals surface area contributed by atoms with Crippen molar-refractivity contribution in [2.45, 2.75) is 40.3 Å². The van der Waals surface area contributed by atoms with Crippen LogP contribution in [0.4, 0.5) is 4.79 Å². The highest BCUT2D eigenvalue weighted by Gasteiger charge is 2.32. The molecule has 0 saturated carbocycles. The van der Waals surface area contributed by atoms with Gasteiger partial charge in [0.15, 0.2) is 0 Å². The van der Waals surface area contributed by atoms with Crippen LogP contribution in [-0.4, -0.2) is 23.1 Å². The van der Waals surface area contributed by atoms with Crippen molar-refractivity contribution < 1.29 is 14.7 Å². The number of benzene rings is 1. The molecule has 0 aliphatic rings. The Morgan fingerprint density at radius 1 is 1.30 bits per heavy atom. The van der Waals surface area contributed by atoms with Crippen molar-refractivity contribution in [1.82, 2.24) is 10.6 Å². The van der Waals surface area contributed by atoms with E-state index in [1.165, 1.54) is 0 Å². The number of amides is 2. The van der Waals surface area contributed by atoms with E-state index in [2.05, 4.69) is 10.6 Å². The van der Waals surface area contributed by atoms with E-state index in [0.717, 1.165) is 11.1 Å². The molecule has 0 saturated heterocycles. The maximum Gasteiger partial charge on any atom is 0.326 e. The molecule has 0 fully saturated rings. The van der Waals surface area contributed by atoms with E-state index in [4.69, 9.17) is 5.11 Å². The lowest BCUT2D eigenvalue weighted by molar-refractivity contribution is -0.141. The van der Waals surface area contributed by atoms with E-state index in [9.17, 15) is 9.59 Å². The number of carboxylic acids is 1. The summed E-state index contributed by atoms with van der Waals surface area (Å²) in [5.41, 5.74) is 1.54. The number of hydrogen-bond donors (Lipinski definition) is 3. The summed E-state index contributed by atoms with van der Waals surface area (Å²) in [7, 11) is 0. The highest BCUT2D eigenvalue weighted by atomic mass is 16.4. The molecular weight excluding hydrogens is 256 g/mol. The van der Waals surface area contributed by atoms with Crippen LogP contribution in [0.5, 0.6) is 0 Å². The summed E-state index contributed by atoms with van der Waals surface area (Å²) < 4.78 is 0. The number of carboxylic acid groups (broad SMARTS) is 1. The van der Waals surface area contributed by atoms with E-state index < -0.39 is 23.5 Å². The fraction of sp³-hybridized carbons (Fsp3) is 0.467. The summed E-state index contributed by atoms with van der Waals surface area (Å²) in [6, 6.07) is 6.36. The van der Waals surface area contributed by atoms with Crippen LogP contribution in [-0.2, 0) is 11.3 Å². The predicted octanol–water partition coefficient (Wildman–Crippen LogP) is 2.29. The third-order valence-corrected chi connectivity index (χ3v) is 2.92. The largest absolute Gasteiger partial charge is 0.480 e. The Kier molecular flexibility index (Phi) is 5.13. The molecule has 5 heteroatoms. The number of carbonyl (C=O) groups excluding carboxylic acids is 1. The zero-order valence-electron chi connectivity index (χ0n) is 12.4. The second-order valence-electron chi connectivity index (χ2n) is 5.95. The quantitative estimate of drug-likeness (QED) is 0.790. The van der Waals surface area contributed by atoms with Gasteiger partial charge in [-0.1, -0.05) is 50.6 Å². The van der Waals surface area contributed by atoms with Crippen molar-refractivity contribution in [2.75, 3.05) is 0 Å². The highest BCUT2D eigenvalue weighted by molar-refractivity contribution is 5.83. The normalized spacial score (nSPS) is 12.6. The SMILES string of the molecule is Cc1cccc(CNC(=O)NC(C(=O)O)C(C)(C)C)c1. The van der Waals surface area contributed by atoms with Crippen molar-refractivity contribution in [3.8, 4) is 0 Å². The van der Waals surface area contributed by atoms with Crippen LogP contribution in [0.2, 0.25) is 0 Å². The summed E-state index contributed by atoms with van der Waals surface area (Å²) in [4.78, 5) is 22.9. The lowest BCUT2D eigenvalue weighted by Crippen LogP contribution is -2.52. The first-order valence-electron chi connectivity index (χ1n) is 6.53. The van der Waals surface area contributed by atoms with Gasteiger partial charge in [0, 0.05) is 6.54 Å². The van der Waals surface area contributed by atoms with Crippen LogP contribution in [0.25, 0.3) is 0 Å². The first-order valence-corrected chi connectivity index (χ1v) is 6.53. The smallest absolute Gasteiger partial charge is 0.326 e. The van der Waals surface area contributed by atoms with Gasteiger partial charge in [-0.2, -0.15) is 0 Å². The van der Waals surface area contributed by atoms with E-state index in [1.54, 1.807) is 20.8 Å². The maximum absolute atomic E-state index is 11.8. The Hall–Kier alpha value is -2.04. The zero-order valence-corrected chi connectivity index (χ0v) is 12.4. The van der Waals surface area contributed by atoms with Crippen LogP contribution < -0.4 is 10.6 Å². The minimum absolute atomic E-state index is 0.365. The lowest BCUT2D eigenvalue weighted by Gasteiger charge is -2.27. The van der Waals surface area contributed by atoms with Gasteiger partial charge in [0.05, 0.1) is 0 Å². The van der Waals surface area contributed by atoms with Crippen LogP contribution in [0.15, 0.2) is 24.3 Å². The molecule has 1 aromatic rings. The first kappa shape index (κ1) is 16.0. The van der Waals surface area contributed by atoms with Crippen molar-refractivity contribution in [1.29, 1.82) is 0 Å². The van der Waals surface area contributed by atoms with Crippen molar-refractivity contribution in [3.05, 3.63) is 35.4 Å². The number of nitrogens with one attached hydrogen (secondary N) is 2. The van der Waals surface area contributed by atoms with Gasteiger partial charge in [-0.25, -0.2) is 9.59 Å². The Balaban J connectivity index is 2.57. The third-order valence-electron chi connectivity index (χ3n) is 2.92. The fourth-order valence-corrected chi connectivity index (χ4v) is 1.84. The summed E-state index contributed by atoms with van der Waals surface area (Å²) in [5.74, 6) is -1.04. The maximum atomic E-state index is 11.8. The van der Waals surface area contributed by atoms with Gasteiger partial charge in [0.25, 0.3) is 0 Å². The van der Waals surface area contributed by atoms with Gasteiger partial charge in [-0.15, -0.1) is 0 Å². The van der Waals surface area contributed by atoms with E-state index >= 15 is 0 Å². The van der Waals surface area contributed by atoms with E-state index in [-0.39, 0.29) is 0 Å². The molecule has 1 aromatic carbocycles. The molecule has 0 aliphatic heterocycles.